The van der Waals surface area contributed by atoms with Crippen LogP contribution in [0.3, 0.4) is 0 Å². The number of pyridine rings is 2. The lowest BCUT2D eigenvalue weighted by atomic mass is 9.97. The van der Waals surface area contributed by atoms with Gasteiger partial charge in [0.2, 0.25) is 5.91 Å². The number of hydrogen-bond donors (Lipinski definition) is 2. The van der Waals surface area contributed by atoms with E-state index in [-0.39, 0.29) is 17.7 Å². The van der Waals surface area contributed by atoms with Crippen LogP contribution in [0.5, 0.6) is 0 Å². The van der Waals surface area contributed by atoms with E-state index in [0.29, 0.717) is 24.5 Å². The van der Waals surface area contributed by atoms with Crippen molar-refractivity contribution in [3.8, 4) is 0 Å². The molecule has 0 unspecified atom stereocenters. The largest absolute Gasteiger partial charge is 0.346 e. The molecule has 0 aromatic carbocycles. The number of nitrogens with zero attached hydrogens (tertiary/aromatic N) is 3. The fourth-order valence-corrected chi connectivity index (χ4v) is 3.72. The Bertz CT molecular complexity index is 1110. The third kappa shape index (κ3) is 3.51. The molecule has 3 aromatic heterocycles. The second-order valence-corrected chi connectivity index (χ2v) is 7.52. The number of hydrogen-bond acceptors (Lipinski definition) is 4. The molecule has 0 atom stereocenters. The van der Waals surface area contributed by atoms with Crippen LogP contribution in [-0.4, -0.2) is 44.8 Å². The van der Waals surface area contributed by atoms with Crippen LogP contribution in [0, 0.1) is 5.92 Å². The molecule has 2 amide bonds. The van der Waals surface area contributed by atoms with Gasteiger partial charge in [-0.15, -0.1) is 0 Å². The predicted molar refractivity (Wildman–Crippen MR) is 110 cm³/mol. The fourth-order valence-electron chi connectivity index (χ4n) is 3.72. The van der Waals surface area contributed by atoms with Crippen LogP contribution in [0.4, 0.5) is 5.82 Å². The molecular formula is C22H21N5O2. The normalized spacial score (nSPS) is 16.6. The Balaban J connectivity index is 1.40. The Morgan fingerprint density at radius 1 is 1.17 bits per heavy atom. The summed E-state index contributed by atoms with van der Waals surface area (Å²) in [6, 6.07) is 7.42. The summed E-state index contributed by atoms with van der Waals surface area (Å²) in [4.78, 5) is 38.3. The standard InChI is InChI=1S/C22H21N5O2/c28-21(15-1-2-15)26-19-13-18(17-5-10-24-20(17)25-19)14-6-11-27(12-7-14)22(29)16-3-8-23-9-4-16/h3-6,8-10,13,15H,1-2,7,11-12H2,(H2,24,25,26,28). The molecule has 1 fully saturated rings. The molecule has 0 radical (unpaired) electrons. The summed E-state index contributed by atoms with van der Waals surface area (Å²) in [6.45, 7) is 1.19. The van der Waals surface area contributed by atoms with Crippen LogP contribution < -0.4 is 5.32 Å². The predicted octanol–water partition coefficient (Wildman–Crippen LogP) is 3.24. The summed E-state index contributed by atoms with van der Waals surface area (Å²) in [7, 11) is 0. The lowest BCUT2D eigenvalue weighted by Gasteiger charge is -2.27. The summed E-state index contributed by atoms with van der Waals surface area (Å²) >= 11 is 0. The highest BCUT2D eigenvalue weighted by Gasteiger charge is 2.30. The highest BCUT2D eigenvalue weighted by atomic mass is 16.2. The van der Waals surface area contributed by atoms with Crippen molar-refractivity contribution in [3.63, 3.8) is 0 Å². The fraction of sp³-hybridized carbons (Fsp3) is 0.273. The molecule has 0 saturated heterocycles. The van der Waals surface area contributed by atoms with Crippen molar-refractivity contribution in [3.05, 3.63) is 60.1 Å². The maximum absolute atomic E-state index is 12.7. The first-order chi connectivity index (χ1) is 14.2. The highest BCUT2D eigenvalue weighted by molar-refractivity contribution is 5.98. The molecule has 5 rings (SSSR count). The van der Waals surface area contributed by atoms with Gasteiger partial charge in [0.15, 0.2) is 0 Å². The number of anilines is 1. The molecule has 7 nitrogen and oxygen atoms in total. The molecular weight excluding hydrogens is 366 g/mol. The molecule has 2 N–H and O–H groups in total. The van der Waals surface area contributed by atoms with Gasteiger partial charge in [-0.2, -0.15) is 0 Å². The molecule has 2 aliphatic rings. The average Bonchev–Trinajstić information content (AvgIpc) is 3.51. The minimum atomic E-state index is 0.0154. The molecule has 146 valence electrons. The quantitative estimate of drug-likeness (QED) is 0.719. The van der Waals surface area contributed by atoms with Crippen molar-refractivity contribution in [1.82, 2.24) is 19.9 Å². The summed E-state index contributed by atoms with van der Waals surface area (Å²) in [5.41, 5.74) is 3.62. The Morgan fingerprint density at radius 3 is 2.72 bits per heavy atom. The smallest absolute Gasteiger partial charge is 0.254 e. The maximum atomic E-state index is 12.7. The molecule has 1 aliphatic carbocycles. The van der Waals surface area contributed by atoms with E-state index in [4.69, 9.17) is 0 Å². The number of carbonyl (C=O) groups is 2. The zero-order valence-corrected chi connectivity index (χ0v) is 15.9. The van der Waals surface area contributed by atoms with Crippen LogP contribution in [-0.2, 0) is 4.79 Å². The van der Waals surface area contributed by atoms with Gasteiger partial charge >= 0.3 is 0 Å². The molecule has 7 heteroatoms. The van der Waals surface area contributed by atoms with E-state index in [1.54, 1.807) is 24.5 Å². The molecule has 1 saturated carbocycles. The maximum Gasteiger partial charge on any atom is 0.254 e. The average molecular weight is 387 g/mol. The SMILES string of the molecule is O=C(Nc1cc(C2=CCN(C(=O)c3ccncc3)CC2)c2cc[nH]c2n1)C1CC1. The van der Waals surface area contributed by atoms with Gasteiger partial charge in [0.1, 0.15) is 11.5 Å². The first-order valence-corrected chi connectivity index (χ1v) is 9.87. The van der Waals surface area contributed by atoms with E-state index in [1.165, 1.54) is 0 Å². The Kier molecular flexibility index (Phi) is 4.35. The summed E-state index contributed by atoms with van der Waals surface area (Å²) in [5, 5.41) is 3.97. The Morgan fingerprint density at radius 2 is 2.00 bits per heavy atom. The topological polar surface area (TPSA) is 91.0 Å². The second kappa shape index (κ2) is 7.16. The zero-order chi connectivity index (χ0) is 19.8. The number of carbonyl (C=O) groups excluding carboxylic acids is 2. The van der Waals surface area contributed by atoms with Crippen LogP contribution >= 0.6 is 0 Å². The van der Waals surface area contributed by atoms with Crippen molar-refractivity contribution in [2.45, 2.75) is 19.3 Å². The van der Waals surface area contributed by atoms with Gasteiger partial charge < -0.3 is 15.2 Å². The minimum Gasteiger partial charge on any atom is -0.346 e. The summed E-state index contributed by atoms with van der Waals surface area (Å²) < 4.78 is 0. The molecule has 3 aromatic rings. The van der Waals surface area contributed by atoms with E-state index < -0.39 is 0 Å². The monoisotopic (exact) mass is 387 g/mol. The number of aromatic nitrogens is 3. The van der Waals surface area contributed by atoms with Crippen molar-refractivity contribution in [2.75, 3.05) is 18.4 Å². The van der Waals surface area contributed by atoms with Gasteiger partial charge in [0.25, 0.3) is 5.91 Å². The molecule has 1 aliphatic heterocycles. The number of nitrogens with one attached hydrogen (secondary N) is 2. The van der Waals surface area contributed by atoms with Gasteiger partial charge in [-0.25, -0.2) is 4.98 Å². The van der Waals surface area contributed by atoms with Crippen LogP contribution in [0.2, 0.25) is 0 Å². The van der Waals surface area contributed by atoms with E-state index in [0.717, 1.165) is 41.4 Å². The molecule has 0 spiro atoms. The Labute approximate surface area is 167 Å². The lowest BCUT2D eigenvalue weighted by molar-refractivity contribution is -0.117. The first-order valence-electron chi connectivity index (χ1n) is 9.87. The van der Waals surface area contributed by atoms with Crippen molar-refractivity contribution in [2.24, 2.45) is 5.92 Å². The highest BCUT2D eigenvalue weighted by Crippen LogP contribution is 2.33. The summed E-state index contributed by atoms with van der Waals surface area (Å²) in [5.74, 6) is 0.756. The van der Waals surface area contributed by atoms with E-state index >= 15 is 0 Å². The molecule has 29 heavy (non-hydrogen) atoms. The van der Waals surface area contributed by atoms with Gasteiger partial charge in [-0.05, 0) is 54.7 Å². The van der Waals surface area contributed by atoms with Gasteiger partial charge in [0.05, 0.1) is 0 Å². The number of fused-ring (bicyclic) bond motifs is 1. The number of H-pyrrole nitrogens is 1. The van der Waals surface area contributed by atoms with Gasteiger partial charge in [-0.1, -0.05) is 6.08 Å². The third-order valence-electron chi connectivity index (χ3n) is 5.50. The number of amides is 2. The molecule has 0 bridgehead atoms. The van der Waals surface area contributed by atoms with Crippen molar-refractivity contribution in [1.29, 1.82) is 0 Å². The van der Waals surface area contributed by atoms with Gasteiger partial charge in [-0.3, -0.25) is 14.6 Å². The first kappa shape index (κ1) is 17.6. The van der Waals surface area contributed by atoms with E-state index in [1.807, 2.05) is 23.2 Å². The van der Waals surface area contributed by atoms with E-state index in [9.17, 15) is 9.59 Å². The van der Waals surface area contributed by atoms with Crippen LogP contribution in [0.1, 0.15) is 35.2 Å². The molecule has 4 heterocycles. The van der Waals surface area contributed by atoms with Crippen LogP contribution in [0.15, 0.2) is 48.9 Å². The second-order valence-electron chi connectivity index (χ2n) is 7.52. The summed E-state index contributed by atoms with van der Waals surface area (Å²) in [6.07, 6.45) is 9.88. The number of aromatic amines is 1. The third-order valence-corrected chi connectivity index (χ3v) is 5.50. The lowest BCUT2D eigenvalue weighted by Crippen LogP contribution is -2.34. The Hall–Kier alpha value is -3.48. The van der Waals surface area contributed by atoms with Crippen molar-refractivity contribution >= 4 is 34.2 Å². The van der Waals surface area contributed by atoms with E-state index in [2.05, 4.69) is 26.3 Å². The zero-order valence-electron chi connectivity index (χ0n) is 15.9. The number of rotatable bonds is 4. The minimum absolute atomic E-state index is 0.0154. The van der Waals surface area contributed by atoms with Crippen molar-refractivity contribution < 1.29 is 9.59 Å². The van der Waals surface area contributed by atoms with Crippen LogP contribution in [0.25, 0.3) is 16.6 Å². The van der Waals surface area contributed by atoms with Gasteiger partial charge in [0, 0.05) is 48.5 Å².